The molecule has 3 atom stereocenters. The van der Waals surface area contributed by atoms with Gasteiger partial charge in [0, 0.05) is 25.7 Å². The monoisotopic (exact) mass is 241 g/mol. The van der Waals surface area contributed by atoms with Crippen molar-refractivity contribution in [3.63, 3.8) is 0 Å². The fourth-order valence-corrected chi connectivity index (χ4v) is 2.81. The fourth-order valence-electron chi connectivity index (χ4n) is 2.81. The van der Waals surface area contributed by atoms with Gasteiger partial charge in [-0.05, 0) is 33.4 Å². The van der Waals surface area contributed by atoms with Crippen LogP contribution in [0.25, 0.3) is 0 Å². The lowest BCUT2D eigenvalue weighted by atomic mass is 10.1. The first kappa shape index (κ1) is 12.8. The van der Waals surface area contributed by atoms with Gasteiger partial charge in [-0.25, -0.2) is 0 Å². The molecule has 2 heterocycles. The fraction of sp³-hybridized carbons (Fsp3) is 0.917. The Morgan fingerprint density at radius 3 is 2.82 bits per heavy atom. The van der Waals surface area contributed by atoms with Gasteiger partial charge in [0.2, 0.25) is 5.91 Å². The molecule has 0 aliphatic carbocycles. The van der Waals surface area contributed by atoms with Gasteiger partial charge in [0.1, 0.15) is 0 Å². The molecule has 17 heavy (non-hydrogen) atoms. The van der Waals surface area contributed by atoms with Gasteiger partial charge in [-0.15, -0.1) is 0 Å². The normalized spacial score (nSPS) is 35.9. The van der Waals surface area contributed by atoms with Crippen LogP contribution in [0.4, 0.5) is 0 Å². The average molecular weight is 241 g/mol. The van der Waals surface area contributed by atoms with Gasteiger partial charge in [-0.1, -0.05) is 0 Å². The minimum atomic E-state index is -0.367. The second-order valence-electron chi connectivity index (χ2n) is 5.35. The van der Waals surface area contributed by atoms with Crippen molar-refractivity contribution in [3.8, 4) is 0 Å². The molecule has 0 aromatic heterocycles. The van der Waals surface area contributed by atoms with E-state index < -0.39 is 0 Å². The van der Waals surface area contributed by atoms with Crippen molar-refractivity contribution < 1.29 is 9.90 Å². The van der Waals surface area contributed by atoms with Crippen LogP contribution in [0, 0.1) is 0 Å². The summed E-state index contributed by atoms with van der Waals surface area (Å²) in [6.45, 7) is 5.46. The van der Waals surface area contributed by atoms with Crippen LogP contribution >= 0.6 is 0 Å². The van der Waals surface area contributed by atoms with Crippen LogP contribution in [0.15, 0.2) is 0 Å². The molecule has 0 radical (unpaired) electrons. The molecule has 5 nitrogen and oxygen atoms in total. The van der Waals surface area contributed by atoms with Crippen molar-refractivity contribution in [1.82, 2.24) is 15.1 Å². The maximum Gasteiger partial charge on any atom is 0.240 e. The Balaban J connectivity index is 1.97. The molecule has 2 saturated heterocycles. The SMILES string of the molecule is CC1CN(C)CCCN1C(=O)C1CC(O)CN1. The summed E-state index contributed by atoms with van der Waals surface area (Å²) >= 11 is 0. The third kappa shape index (κ3) is 2.97. The molecule has 0 aromatic carbocycles. The van der Waals surface area contributed by atoms with Gasteiger partial charge >= 0.3 is 0 Å². The summed E-state index contributed by atoms with van der Waals surface area (Å²) in [6, 6.07) is 0.0744. The minimum absolute atomic E-state index is 0.157. The Kier molecular flexibility index (Phi) is 4.01. The van der Waals surface area contributed by atoms with Crippen LogP contribution < -0.4 is 5.32 Å². The third-order valence-corrected chi connectivity index (χ3v) is 3.74. The number of aliphatic hydroxyl groups is 1. The van der Waals surface area contributed by atoms with E-state index in [2.05, 4.69) is 24.2 Å². The first-order valence-corrected chi connectivity index (χ1v) is 6.48. The summed E-state index contributed by atoms with van der Waals surface area (Å²) in [4.78, 5) is 16.6. The number of β-amino-alcohol motifs (C(OH)–C–C–N with tert-alkyl or cyclic N) is 1. The Morgan fingerprint density at radius 1 is 1.41 bits per heavy atom. The number of hydrogen-bond donors (Lipinski definition) is 2. The van der Waals surface area contributed by atoms with E-state index in [4.69, 9.17) is 0 Å². The van der Waals surface area contributed by atoms with E-state index in [9.17, 15) is 9.90 Å². The summed E-state index contributed by atoms with van der Waals surface area (Å²) in [6.07, 6.45) is 1.22. The van der Waals surface area contributed by atoms with Crippen LogP contribution in [-0.2, 0) is 4.79 Å². The minimum Gasteiger partial charge on any atom is -0.392 e. The number of rotatable bonds is 1. The molecular weight excluding hydrogens is 218 g/mol. The zero-order valence-electron chi connectivity index (χ0n) is 10.7. The van der Waals surface area contributed by atoms with E-state index in [1.54, 1.807) is 0 Å². The molecule has 2 aliphatic rings. The molecule has 2 fully saturated rings. The van der Waals surface area contributed by atoms with Gasteiger partial charge in [-0.3, -0.25) is 4.79 Å². The highest BCUT2D eigenvalue weighted by atomic mass is 16.3. The van der Waals surface area contributed by atoms with Crippen LogP contribution in [0.5, 0.6) is 0 Å². The number of carbonyl (C=O) groups is 1. The smallest absolute Gasteiger partial charge is 0.240 e. The largest absolute Gasteiger partial charge is 0.392 e. The van der Waals surface area contributed by atoms with Gasteiger partial charge in [0.05, 0.1) is 12.1 Å². The second kappa shape index (κ2) is 5.33. The first-order valence-electron chi connectivity index (χ1n) is 6.48. The highest BCUT2D eigenvalue weighted by Gasteiger charge is 2.33. The van der Waals surface area contributed by atoms with Gasteiger partial charge in [0.25, 0.3) is 0 Å². The van der Waals surface area contributed by atoms with Gasteiger partial charge < -0.3 is 20.2 Å². The Labute approximate surface area is 103 Å². The van der Waals surface area contributed by atoms with Crippen LogP contribution in [0.3, 0.4) is 0 Å². The number of carbonyl (C=O) groups excluding carboxylic acids is 1. The van der Waals surface area contributed by atoms with E-state index in [1.165, 1.54) is 0 Å². The Hall–Kier alpha value is -0.650. The summed E-state index contributed by atoms with van der Waals surface area (Å²) in [5, 5.41) is 12.6. The lowest BCUT2D eigenvalue weighted by molar-refractivity contribution is -0.135. The van der Waals surface area contributed by atoms with Crippen LogP contribution in [-0.4, -0.2) is 72.2 Å². The number of hydrogen-bond acceptors (Lipinski definition) is 4. The molecule has 2 aliphatic heterocycles. The highest BCUT2D eigenvalue weighted by Crippen LogP contribution is 2.14. The highest BCUT2D eigenvalue weighted by molar-refractivity contribution is 5.82. The standard InChI is InChI=1S/C12H23N3O2/c1-9-8-14(2)4-3-5-15(9)12(17)11-6-10(16)7-13-11/h9-11,13,16H,3-8H2,1-2H3. The van der Waals surface area contributed by atoms with Crippen molar-refractivity contribution in [2.24, 2.45) is 0 Å². The van der Waals surface area contributed by atoms with E-state index in [1.807, 2.05) is 4.90 Å². The van der Waals surface area contributed by atoms with Crippen LogP contribution in [0.1, 0.15) is 19.8 Å². The molecule has 1 amide bonds. The number of nitrogens with zero attached hydrogens (tertiary/aromatic N) is 2. The predicted molar refractivity (Wildman–Crippen MR) is 65.7 cm³/mol. The van der Waals surface area contributed by atoms with E-state index >= 15 is 0 Å². The molecule has 5 heteroatoms. The molecular formula is C12H23N3O2. The maximum absolute atomic E-state index is 12.3. The molecule has 98 valence electrons. The van der Waals surface area contributed by atoms with E-state index in [0.717, 1.165) is 26.1 Å². The Morgan fingerprint density at radius 2 is 2.18 bits per heavy atom. The summed E-state index contributed by atoms with van der Waals surface area (Å²) < 4.78 is 0. The lowest BCUT2D eigenvalue weighted by Gasteiger charge is -2.30. The number of amides is 1. The van der Waals surface area contributed by atoms with Crippen molar-refractivity contribution in [1.29, 1.82) is 0 Å². The summed E-state index contributed by atoms with van der Waals surface area (Å²) in [7, 11) is 2.10. The molecule has 3 unspecified atom stereocenters. The lowest BCUT2D eigenvalue weighted by Crippen LogP contribution is -2.49. The molecule has 2 N–H and O–H groups in total. The number of aliphatic hydroxyl groups excluding tert-OH is 1. The molecule has 0 spiro atoms. The van der Waals surface area contributed by atoms with Crippen LogP contribution in [0.2, 0.25) is 0 Å². The first-order chi connectivity index (χ1) is 8.08. The van der Waals surface area contributed by atoms with Gasteiger partial charge in [-0.2, -0.15) is 0 Å². The summed E-state index contributed by atoms with van der Waals surface area (Å²) in [5.74, 6) is 0.157. The van der Waals surface area contributed by atoms with E-state index in [0.29, 0.717) is 13.0 Å². The van der Waals surface area contributed by atoms with E-state index in [-0.39, 0.29) is 24.1 Å². The van der Waals surface area contributed by atoms with Gasteiger partial charge in [0.15, 0.2) is 0 Å². The summed E-state index contributed by atoms with van der Waals surface area (Å²) in [5.41, 5.74) is 0. The number of nitrogens with one attached hydrogen (secondary N) is 1. The molecule has 0 bridgehead atoms. The van der Waals surface area contributed by atoms with Crippen molar-refractivity contribution >= 4 is 5.91 Å². The molecule has 2 rings (SSSR count). The van der Waals surface area contributed by atoms with Crippen molar-refractivity contribution in [2.75, 3.05) is 33.2 Å². The maximum atomic E-state index is 12.3. The number of likely N-dealkylation sites (N-methyl/N-ethyl adjacent to an activating group) is 1. The molecule has 0 saturated carbocycles. The predicted octanol–water partition coefficient (Wildman–Crippen LogP) is -0.738. The Bertz CT molecular complexity index is 285. The zero-order valence-corrected chi connectivity index (χ0v) is 10.7. The second-order valence-corrected chi connectivity index (χ2v) is 5.35. The topological polar surface area (TPSA) is 55.8 Å². The quantitative estimate of drug-likeness (QED) is 0.635. The van der Waals surface area contributed by atoms with Crippen molar-refractivity contribution in [3.05, 3.63) is 0 Å². The zero-order chi connectivity index (χ0) is 12.4. The third-order valence-electron chi connectivity index (χ3n) is 3.74. The van der Waals surface area contributed by atoms with Crippen molar-refractivity contribution in [2.45, 2.75) is 38.0 Å². The molecule has 0 aromatic rings. The average Bonchev–Trinajstić information content (AvgIpc) is 2.62.